The molecule has 0 amide bonds. The monoisotopic (exact) mass is 294 g/mol. The van der Waals surface area contributed by atoms with Gasteiger partial charge in [-0.2, -0.15) is 0 Å². The summed E-state index contributed by atoms with van der Waals surface area (Å²) in [4.78, 5) is 14.2. The van der Waals surface area contributed by atoms with Gasteiger partial charge in [0.15, 0.2) is 0 Å². The van der Waals surface area contributed by atoms with E-state index in [0.29, 0.717) is 5.56 Å². The van der Waals surface area contributed by atoms with E-state index in [9.17, 15) is 13.6 Å². The Labute approximate surface area is 98.6 Å². The first kappa shape index (κ1) is 12.8. The van der Waals surface area contributed by atoms with Gasteiger partial charge in [0.1, 0.15) is 5.82 Å². The van der Waals surface area contributed by atoms with Crippen LogP contribution in [-0.2, 0) is 16.5 Å². The third-order valence-corrected chi connectivity index (χ3v) is 2.64. The van der Waals surface area contributed by atoms with Crippen LogP contribution >= 0.6 is 15.9 Å². The number of nitrogen functional groups attached to an aromatic ring is 1. The number of rotatable bonds is 4. The zero-order valence-electron chi connectivity index (χ0n) is 8.08. The van der Waals surface area contributed by atoms with E-state index in [1.807, 2.05) is 0 Å². The number of anilines is 1. The lowest BCUT2D eigenvalue weighted by Gasteiger charge is -2.12. The molecule has 0 saturated carbocycles. The lowest BCUT2D eigenvalue weighted by molar-refractivity contribution is -0.136. The second-order valence-corrected chi connectivity index (χ2v) is 3.63. The van der Waals surface area contributed by atoms with Crippen LogP contribution in [0.2, 0.25) is 0 Å². The molecule has 0 aliphatic rings. The number of carboxylic acids is 1. The van der Waals surface area contributed by atoms with Crippen LogP contribution in [0.25, 0.3) is 0 Å². The molecule has 0 spiro atoms. The predicted octanol–water partition coefficient (Wildman–Crippen LogP) is 2.12. The van der Waals surface area contributed by atoms with Gasteiger partial charge in [0.25, 0.3) is 6.43 Å². The predicted molar refractivity (Wildman–Crippen MR) is 57.6 cm³/mol. The summed E-state index contributed by atoms with van der Waals surface area (Å²) < 4.78 is 25.5. The van der Waals surface area contributed by atoms with E-state index in [2.05, 4.69) is 20.9 Å². The molecular formula is C9H9BrF2N2O2. The molecule has 88 valence electrons. The highest BCUT2D eigenvalue weighted by Gasteiger charge is 2.22. The molecule has 0 aliphatic carbocycles. The molecule has 7 heteroatoms. The Morgan fingerprint density at radius 1 is 1.62 bits per heavy atom. The van der Waals surface area contributed by atoms with Gasteiger partial charge in [-0.05, 0) is 11.1 Å². The first-order valence-corrected chi connectivity index (χ1v) is 5.41. The number of aliphatic carboxylic acids is 1. The molecular weight excluding hydrogens is 286 g/mol. The van der Waals surface area contributed by atoms with Crippen molar-refractivity contribution in [2.75, 3.05) is 5.73 Å². The minimum absolute atomic E-state index is 0.0341. The van der Waals surface area contributed by atoms with Crippen LogP contribution < -0.4 is 5.73 Å². The Morgan fingerprint density at radius 2 is 2.25 bits per heavy atom. The molecule has 3 N–H and O–H groups in total. The number of hydrogen-bond donors (Lipinski definition) is 2. The van der Waals surface area contributed by atoms with Crippen LogP contribution in [0.5, 0.6) is 0 Å². The third-order valence-electron chi connectivity index (χ3n) is 2.04. The topological polar surface area (TPSA) is 76.2 Å². The summed E-state index contributed by atoms with van der Waals surface area (Å²) in [5.74, 6) is -1.51. The molecule has 16 heavy (non-hydrogen) atoms. The minimum Gasteiger partial charge on any atom is -0.481 e. The normalized spacial score (nSPS) is 10.8. The van der Waals surface area contributed by atoms with Crippen molar-refractivity contribution < 1.29 is 18.7 Å². The smallest absolute Gasteiger partial charge is 0.307 e. The van der Waals surface area contributed by atoms with Crippen molar-refractivity contribution in [1.29, 1.82) is 0 Å². The summed E-state index contributed by atoms with van der Waals surface area (Å²) in [6.45, 7) is 0. The molecule has 0 saturated heterocycles. The van der Waals surface area contributed by atoms with E-state index in [1.165, 1.54) is 6.20 Å². The number of alkyl halides is 3. The molecule has 0 aromatic carbocycles. The highest BCUT2D eigenvalue weighted by atomic mass is 79.9. The molecule has 1 heterocycles. The Morgan fingerprint density at radius 3 is 2.69 bits per heavy atom. The van der Waals surface area contributed by atoms with Crippen molar-refractivity contribution in [1.82, 2.24) is 4.98 Å². The molecule has 0 bridgehead atoms. The van der Waals surface area contributed by atoms with Gasteiger partial charge in [-0.25, -0.2) is 13.8 Å². The molecule has 0 aliphatic heterocycles. The number of halogens is 3. The fraction of sp³-hybridized carbons (Fsp3) is 0.333. The largest absolute Gasteiger partial charge is 0.481 e. The molecule has 0 unspecified atom stereocenters. The number of carboxylic acid groups (broad SMARTS) is 1. The molecule has 1 aromatic rings. The van der Waals surface area contributed by atoms with Crippen LogP contribution in [0, 0.1) is 0 Å². The minimum atomic E-state index is -2.83. The number of carbonyl (C=O) groups is 1. The van der Waals surface area contributed by atoms with Gasteiger partial charge in [0, 0.05) is 11.5 Å². The summed E-state index contributed by atoms with van der Waals surface area (Å²) >= 11 is 3.09. The van der Waals surface area contributed by atoms with E-state index in [0.717, 1.165) is 0 Å². The van der Waals surface area contributed by atoms with Crippen molar-refractivity contribution in [2.45, 2.75) is 18.2 Å². The standard InChI is InChI=1S/C9H9BrF2N2O2/c10-2-4-3-14-9(13)7(8(11)12)5(4)1-6(15)16/h3,8H,1-2H2,(H2,13,14)(H,15,16). The van der Waals surface area contributed by atoms with Gasteiger partial charge in [0.05, 0.1) is 12.0 Å². The summed E-state index contributed by atoms with van der Waals surface area (Å²) in [5, 5.41) is 8.92. The van der Waals surface area contributed by atoms with Crippen LogP contribution in [0.15, 0.2) is 6.20 Å². The molecule has 0 radical (unpaired) electrons. The van der Waals surface area contributed by atoms with Gasteiger partial charge in [-0.3, -0.25) is 4.79 Å². The van der Waals surface area contributed by atoms with Gasteiger partial charge in [-0.15, -0.1) is 0 Å². The Bertz CT molecular complexity index is 413. The van der Waals surface area contributed by atoms with Crippen molar-refractivity contribution >= 4 is 27.7 Å². The van der Waals surface area contributed by atoms with E-state index >= 15 is 0 Å². The quantitative estimate of drug-likeness (QED) is 0.834. The van der Waals surface area contributed by atoms with E-state index < -0.39 is 24.4 Å². The first-order chi connectivity index (χ1) is 7.47. The fourth-order valence-electron chi connectivity index (χ4n) is 1.34. The van der Waals surface area contributed by atoms with Crippen LogP contribution in [0.1, 0.15) is 23.1 Å². The lowest BCUT2D eigenvalue weighted by atomic mass is 10.0. The summed E-state index contributed by atoms with van der Waals surface area (Å²) in [6.07, 6.45) is -2.03. The maximum atomic E-state index is 12.7. The Hall–Kier alpha value is -1.24. The van der Waals surface area contributed by atoms with Crippen molar-refractivity contribution in [2.24, 2.45) is 0 Å². The highest BCUT2D eigenvalue weighted by molar-refractivity contribution is 9.08. The van der Waals surface area contributed by atoms with Gasteiger partial charge >= 0.3 is 5.97 Å². The molecule has 4 nitrogen and oxygen atoms in total. The Balaban J connectivity index is 3.36. The number of hydrogen-bond acceptors (Lipinski definition) is 3. The third kappa shape index (κ3) is 2.66. The first-order valence-electron chi connectivity index (χ1n) is 4.29. The summed E-state index contributed by atoms with van der Waals surface area (Å²) in [7, 11) is 0. The second-order valence-electron chi connectivity index (χ2n) is 3.07. The van der Waals surface area contributed by atoms with Gasteiger partial charge in [0.2, 0.25) is 0 Å². The van der Waals surface area contributed by atoms with Crippen LogP contribution in [-0.4, -0.2) is 16.1 Å². The molecule has 0 fully saturated rings. The fourth-order valence-corrected chi connectivity index (χ4v) is 1.82. The average molecular weight is 295 g/mol. The molecule has 1 aromatic heterocycles. The number of nitrogens with two attached hydrogens (primary N) is 1. The summed E-state index contributed by atoms with van der Waals surface area (Å²) in [6, 6.07) is 0. The van der Waals surface area contributed by atoms with Crippen LogP contribution in [0.4, 0.5) is 14.6 Å². The number of pyridine rings is 1. The van der Waals surface area contributed by atoms with Gasteiger partial charge in [-0.1, -0.05) is 15.9 Å². The number of nitrogens with zero attached hydrogens (tertiary/aromatic N) is 1. The Kier molecular flexibility index (Phi) is 4.17. The van der Waals surface area contributed by atoms with Crippen LogP contribution in [0.3, 0.4) is 0 Å². The highest BCUT2D eigenvalue weighted by Crippen LogP contribution is 2.30. The van der Waals surface area contributed by atoms with Crippen molar-refractivity contribution in [3.63, 3.8) is 0 Å². The van der Waals surface area contributed by atoms with Gasteiger partial charge < -0.3 is 10.8 Å². The summed E-state index contributed by atoms with van der Waals surface area (Å²) in [5.41, 5.74) is 5.28. The average Bonchev–Trinajstić information content (AvgIpc) is 2.16. The van der Waals surface area contributed by atoms with E-state index in [4.69, 9.17) is 10.8 Å². The molecule has 1 rings (SSSR count). The van der Waals surface area contributed by atoms with E-state index in [1.54, 1.807) is 0 Å². The lowest BCUT2D eigenvalue weighted by Crippen LogP contribution is -2.11. The molecule has 0 atom stereocenters. The maximum absolute atomic E-state index is 12.7. The maximum Gasteiger partial charge on any atom is 0.307 e. The SMILES string of the molecule is Nc1ncc(CBr)c(CC(=O)O)c1C(F)F. The second kappa shape index (κ2) is 5.20. The van der Waals surface area contributed by atoms with Crippen molar-refractivity contribution in [3.8, 4) is 0 Å². The zero-order chi connectivity index (χ0) is 12.3. The van der Waals surface area contributed by atoms with E-state index in [-0.39, 0.29) is 16.7 Å². The zero-order valence-corrected chi connectivity index (χ0v) is 9.67. The van der Waals surface area contributed by atoms with Crippen molar-refractivity contribution in [3.05, 3.63) is 22.9 Å². The number of aromatic nitrogens is 1.